The fraction of sp³-hybridized carbons (Fsp3) is 0.0625. The Morgan fingerprint density at radius 2 is 1.71 bits per heavy atom. The van der Waals surface area contributed by atoms with E-state index < -0.39 is 6.10 Å². The second-order valence-electron chi connectivity index (χ2n) is 4.55. The molecule has 3 rings (SSSR count). The van der Waals surface area contributed by atoms with E-state index >= 15 is 0 Å². The van der Waals surface area contributed by atoms with Crippen molar-refractivity contribution < 1.29 is 9.53 Å². The highest BCUT2D eigenvalue weighted by Crippen LogP contribution is 2.46. The van der Waals surface area contributed by atoms with Crippen molar-refractivity contribution in [2.75, 3.05) is 0 Å². The number of rotatable bonds is 2. The number of carbonyl (C=O) groups excluding carboxylic acids is 1. The Hall–Kier alpha value is -1.48. The van der Waals surface area contributed by atoms with Crippen molar-refractivity contribution in [2.24, 2.45) is 0 Å². The summed E-state index contributed by atoms with van der Waals surface area (Å²) in [5.41, 5.74) is 1.77. The normalized spacial score (nSPS) is 17.2. The molecule has 1 unspecified atom stereocenters. The number of halogens is 3. The minimum Gasteiger partial charge on any atom is -0.479 e. The van der Waals surface area contributed by atoms with Gasteiger partial charge in [-0.2, -0.15) is 0 Å². The maximum Gasteiger partial charge on any atom is 0.154 e. The van der Waals surface area contributed by atoms with E-state index in [1.165, 1.54) is 0 Å². The Morgan fingerprint density at radius 1 is 1.00 bits per heavy atom. The van der Waals surface area contributed by atoms with Crippen molar-refractivity contribution in [1.29, 1.82) is 0 Å². The highest BCUT2D eigenvalue weighted by atomic mass is 35.5. The molecule has 2 nitrogen and oxygen atoms in total. The monoisotopic (exact) mass is 338 g/mol. The lowest BCUT2D eigenvalue weighted by atomic mass is 9.97. The van der Waals surface area contributed by atoms with Crippen molar-refractivity contribution in [3.8, 4) is 5.75 Å². The van der Waals surface area contributed by atoms with Gasteiger partial charge in [-0.25, -0.2) is 0 Å². The van der Waals surface area contributed by atoms with E-state index in [9.17, 15) is 4.79 Å². The molecule has 106 valence electrons. The Bertz CT molecular complexity index is 736. The zero-order valence-corrected chi connectivity index (χ0v) is 12.9. The minimum absolute atomic E-state index is 0.355. The average Bonchev–Trinajstić information content (AvgIpc) is 2.49. The van der Waals surface area contributed by atoms with E-state index in [-0.39, 0.29) is 0 Å². The summed E-state index contributed by atoms with van der Waals surface area (Å²) < 4.78 is 5.91. The van der Waals surface area contributed by atoms with Crippen LogP contribution >= 0.6 is 34.8 Å². The highest BCUT2D eigenvalue weighted by Gasteiger charge is 2.30. The Morgan fingerprint density at radius 3 is 2.38 bits per heavy atom. The van der Waals surface area contributed by atoms with Crippen molar-refractivity contribution >= 4 is 46.1 Å². The summed E-state index contributed by atoms with van der Waals surface area (Å²) in [5.74, 6) is 0.481. The largest absolute Gasteiger partial charge is 0.479 e. The molecule has 0 radical (unpaired) electrons. The first-order chi connectivity index (χ1) is 10.1. The molecule has 2 aromatic carbocycles. The van der Waals surface area contributed by atoms with E-state index in [4.69, 9.17) is 39.5 Å². The Kier molecular flexibility index (Phi) is 3.94. The summed E-state index contributed by atoms with van der Waals surface area (Å²) in [6.45, 7) is 0. The predicted octanol–water partition coefficient (Wildman–Crippen LogP) is 5.28. The van der Waals surface area contributed by atoms with E-state index in [0.717, 1.165) is 5.56 Å². The molecular weight excluding hydrogens is 331 g/mol. The molecule has 21 heavy (non-hydrogen) atoms. The minimum atomic E-state index is -0.598. The van der Waals surface area contributed by atoms with Crippen LogP contribution in [0.2, 0.25) is 10.0 Å². The van der Waals surface area contributed by atoms with Crippen LogP contribution in [0.3, 0.4) is 0 Å². The molecule has 0 aromatic heterocycles. The molecule has 0 saturated carbocycles. The van der Waals surface area contributed by atoms with Crippen LogP contribution in [0.25, 0.3) is 5.03 Å². The van der Waals surface area contributed by atoms with Crippen LogP contribution < -0.4 is 4.74 Å². The fourth-order valence-electron chi connectivity index (χ4n) is 2.25. The number of aldehydes is 1. The van der Waals surface area contributed by atoms with Crippen LogP contribution in [0.15, 0.2) is 48.0 Å². The third-order valence-corrected chi connectivity index (χ3v) is 4.25. The van der Waals surface area contributed by atoms with Gasteiger partial charge in [0.2, 0.25) is 0 Å². The zero-order valence-electron chi connectivity index (χ0n) is 10.6. The summed E-state index contributed by atoms with van der Waals surface area (Å²) in [7, 11) is 0. The summed E-state index contributed by atoms with van der Waals surface area (Å²) in [6, 6.07) is 12.3. The molecule has 0 bridgehead atoms. The molecule has 0 amide bonds. The summed E-state index contributed by atoms with van der Waals surface area (Å²) in [4.78, 5) is 11.4. The lowest BCUT2D eigenvalue weighted by Gasteiger charge is -2.27. The number of benzene rings is 2. The van der Waals surface area contributed by atoms with Gasteiger partial charge in [-0.3, -0.25) is 4.79 Å². The van der Waals surface area contributed by atoms with Gasteiger partial charge in [-0.05, 0) is 29.8 Å². The number of para-hydroxylation sites is 1. The SMILES string of the molecule is O=CC1=C(Cl)c2cccc(Cl)c2OC1c1ccc(Cl)cc1. The molecule has 0 spiro atoms. The van der Waals surface area contributed by atoms with E-state index in [2.05, 4.69) is 0 Å². The smallest absolute Gasteiger partial charge is 0.154 e. The van der Waals surface area contributed by atoms with Crippen LogP contribution in [-0.4, -0.2) is 6.29 Å². The lowest BCUT2D eigenvalue weighted by molar-refractivity contribution is -0.105. The zero-order chi connectivity index (χ0) is 15.0. The first kappa shape index (κ1) is 14.5. The van der Waals surface area contributed by atoms with Crippen LogP contribution in [-0.2, 0) is 4.79 Å². The van der Waals surface area contributed by atoms with Crippen molar-refractivity contribution in [1.82, 2.24) is 0 Å². The third kappa shape index (κ3) is 2.55. The number of hydrogen-bond acceptors (Lipinski definition) is 2. The van der Waals surface area contributed by atoms with Crippen molar-refractivity contribution in [3.05, 3.63) is 69.2 Å². The van der Waals surface area contributed by atoms with Gasteiger partial charge in [0.1, 0.15) is 5.75 Å². The van der Waals surface area contributed by atoms with E-state index in [1.807, 2.05) is 0 Å². The maximum atomic E-state index is 11.4. The van der Waals surface area contributed by atoms with Crippen LogP contribution in [0, 0.1) is 0 Å². The van der Waals surface area contributed by atoms with Gasteiger partial charge in [0.05, 0.1) is 15.6 Å². The molecule has 0 saturated heterocycles. The first-order valence-corrected chi connectivity index (χ1v) is 7.31. The molecule has 0 fully saturated rings. The van der Waals surface area contributed by atoms with Crippen molar-refractivity contribution in [2.45, 2.75) is 6.10 Å². The molecule has 1 aliphatic heterocycles. The summed E-state index contributed by atoms with van der Waals surface area (Å²) in [5, 5.41) is 1.42. The second kappa shape index (κ2) is 5.72. The van der Waals surface area contributed by atoms with Gasteiger partial charge in [0, 0.05) is 10.6 Å². The van der Waals surface area contributed by atoms with E-state index in [0.29, 0.717) is 38.2 Å². The highest BCUT2D eigenvalue weighted by molar-refractivity contribution is 6.51. The van der Waals surface area contributed by atoms with Crippen molar-refractivity contribution in [3.63, 3.8) is 0 Å². The van der Waals surface area contributed by atoms with Gasteiger partial charge < -0.3 is 4.74 Å². The molecular formula is C16H9Cl3O2. The van der Waals surface area contributed by atoms with Gasteiger partial charge >= 0.3 is 0 Å². The third-order valence-electron chi connectivity index (χ3n) is 3.27. The molecule has 0 aliphatic carbocycles. The number of carbonyl (C=O) groups is 1. The van der Waals surface area contributed by atoms with Gasteiger partial charge in [-0.1, -0.05) is 53.0 Å². The number of fused-ring (bicyclic) bond motifs is 1. The summed E-state index contributed by atoms with van der Waals surface area (Å²) in [6.07, 6.45) is 0.116. The summed E-state index contributed by atoms with van der Waals surface area (Å²) >= 11 is 18.4. The fourth-order valence-corrected chi connectivity index (χ4v) is 2.89. The predicted molar refractivity (Wildman–Crippen MR) is 85.1 cm³/mol. The van der Waals surface area contributed by atoms with Crippen LogP contribution in [0.1, 0.15) is 17.2 Å². The molecule has 5 heteroatoms. The topological polar surface area (TPSA) is 26.3 Å². The lowest BCUT2D eigenvalue weighted by Crippen LogP contribution is -2.17. The molecule has 1 aliphatic rings. The second-order valence-corrected chi connectivity index (χ2v) is 5.77. The van der Waals surface area contributed by atoms with Gasteiger partial charge in [-0.15, -0.1) is 0 Å². The Labute approximate surface area is 136 Å². The first-order valence-electron chi connectivity index (χ1n) is 6.17. The Balaban J connectivity index is 2.16. The quantitative estimate of drug-likeness (QED) is 0.696. The maximum absolute atomic E-state index is 11.4. The molecule has 1 atom stereocenters. The van der Waals surface area contributed by atoms with Crippen LogP contribution in [0.5, 0.6) is 5.75 Å². The molecule has 1 heterocycles. The average molecular weight is 340 g/mol. The number of ether oxygens (including phenoxy) is 1. The standard InChI is InChI=1S/C16H9Cl3O2/c17-10-6-4-9(5-7-10)15-12(8-20)14(19)11-2-1-3-13(18)16(11)21-15/h1-8,15H. The van der Waals surface area contributed by atoms with E-state index in [1.54, 1.807) is 42.5 Å². The van der Waals surface area contributed by atoms with Gasteiger partial charge in [0.25, 0.3) is 0 Å². The van der Waals surface area contributed by atoms with Gasteiger partial charge in [0.15, 0.2) is 12.4 Å². The number of hydrogen-bond donors (Lipinski definition) is 0. The van der Waals surface area contributed by atoms with Crippen LogP contribution in [0.4, 0.5) is 0 Å². The molecule has 0 N–H and O–H groups in total. The molecule has 2 aromatic rings.